The second-order valence-corrected chi connectivity index (χ2v) is 5.01. The van der Waals surface area contributed by atoms with Crippen molar-refractivity contribution in [3.8, 4) is 0 Å². The van der Waals surface area contributed by atoms with E-state index in [4.69, 9.17) is 0 Å². The Hall–Kier alpha value is -1.24. The van der Waals surface area contributed by atoms with Gasteiger partial charge in [0.25, 0.3) is 0 Å². The lowest BCUT2D eigenvalue weighted by molar-refractivity contribution is 0.527. The van der Waals surface area contributed by atoms with E-state index in [0.717, 1.165) is 25.7 Å². The largest absolute Gasteiger partial charge is 0.235 e. The summed E-state index contributed by atoms with van der Waals surface area (Å²) in [5.74, 6) is 0. The number of nitrogens with zero attached hydrogens (tertiary/aromatic N) is 2. The first kappa shape index (κ1) is 17.8. The van der Waals surface area contributed by atoms with E-state index in [1.54, 1.807) is 12.2 Å². The molecular formula is C15H26N2O2. The molecule has 0 aliphatic heterocycles. The lowest BCUT2D eigenvalue weighted by atomic mass is 10.0. The SMILES string of the molecule is CC(CCCCCCCCCCCN=C=O)N=C=O. The van der Waals surface area contributed by atoms with E-state index < -0.39 is 0 Å². The Morgan fingerprint density at radius 2 is 1.32 bits per heavy atom. The van der Waals surface area contributed by atoms with Crippen LogP contribution in [0.5, 0.6) is 0 Å². The molecule has 0 fully saturated rings. The van der Waals surface area contributed by atoms with Gasteiger partial charge < -0.3 is 0 Å². The monoisotopic (exact) mass is 266 g/mol. The maximum absolute atomic E-state index is 10.0. The van der Waals surface area contributed by atoms with Crippen LogP contribution in [-0.2, 0) is 9.59 Å². The summed E-state index contributed by atoms with van der Waals surface area (Å²) in [7, 11) is 0. The van der Waals surface area contributed by atoms with Gasteiger partial charge in [0.05, 0.1) is 12.6 Å². The number of isocyanates is 2. The van der Waals surface area contributed by atoms with E-state index in [2.05, 4.69) is 9.98 Å². The van der Waals surface area contributed by atoms with Gasteiger partial charge in [-0.25, -0.2) is 19.6 Å². The third-order valence-electron chi connectivity index (χ3n) is 3.23. The molecule has 0 bridgehead atoms. The average molecular weight is 266 g/mol. The van der Waals surface area contributed by atoms with Crippen molar-refractivity contribution >= 4 is 12.2 Å². The van der Waals surface area contributed by atoms with Crippen molar-refractivity contribution in [3.05, 3.63) is 0 Å². The second kappa shape index (κ2) is 14.8. The zero-order chi connectivity index (χ0) is 14.2. The van der Waals surface area contributed by atoms with E-state index in [1.807, 2.05) is 6.92 Å². The molecule has 0 rings (SSSR count). The van der Waals surface area contributed by atoms with Gasteiger partial charge in [-0.05, 0) is 19.8 Å². The second-order valence-electron chi connectivity index (χ2n) is 5.01. The Labute approximate surface area is 116 Å². The lowest BCUT2D eigenvalue weighted by Crippen LogP contribution is -1.96. The van der Waals surface area contributed by atoms with Gasteiger partial charge in [-0.2, -0.15) is 0 Å². The highest BCUT2D eigenvalue weighted by atomic mass is 16.1. The van der Waals surface area contributed by atoms with Crippen molar-refractivity contribution in [2.75, 3.05) is 6.54 Å². The summed E-state index contributed by atoms with van der Waals surface area (Å²) >= 11 is 0. The molecule has 4 nitrogen and oxygen atoms in total. The van der Waals surface area contributed by atoms with E-state index in [9.17, 15) is 9.59 Å². The molecule has 108 valence electrons. The van der Waals surface area contributed by atoms with Crippen molar-refractivity contribution in [1.82, 2.24) is 0 Å². The van der Waals surface area contributed by atoms with Crippen LogP contribution in [0.4, 0.5) is 0 Å². The molecule has 0 aliphatic carbocycles. The fraction of sp³-hybridized carbons (Fsp3) is 0.867. The predicted octanol–water partition coefficient (Wildman–Crippen LogP) is 3.95. The molecule has 0 heterocycles. The van der Waals surface area contributed by atoms with Gasteiger partial charge in [-0.1, -0.05) is 51.4 Å². The number of carbonyl (C=O) groups excluding carboxylic acids is 2. The number of hydrogen-bond donors (Lipinski definition) is 0. The Kier molecular flexibility index (Phi) is 13.9. The molecule has 0 saturated heterocycles. The van der Waals surface area contributed by atoms with E-state index in [-0.39, 0.29) is 6.04 Å². The van der Waals surface area contributed by atoms with Crippen molar-refractivity contribution in [2.24, 2.45) is 9.98 Å². The fourth-order valence-corrected chi connectivity index (χ4v) is 2.07. The van der Waals surface area contributed by atoms with Crippen LogP contribution in [0.2, 0.25) is 0 Å². The van der Waals surface area contributed by atoms with Gasteiger partial charge in [0.1, 0.15) is 0 Å². The normalized spacial score (nSPS) is 11.4. The number of unbranched alkanes of at least 4 members (excludes halogenated alkanes) is 8. The van der Waals surface area contributed by atoms with Crippen molar-refractivity contribution < 1.29 is 9.59 Å². The molecule has 0 spiro atoms. The zero-order valence-electron chi connectivity index (χ0n) is 12.1. The van der Waals surface area contributed by atoms with Gasteiger partial charge in [0.15, 0.2) is 0 Å². The standard InChI is InChI=1S/C15H26N2O2/c1-15(17-14-19)11-9-7-5-3-2-4-6-8-10-12-16-13-18/h15H,2-12H2,1H3. The Bertz CT molecular complexity index is 293. The third-order valence-corrected chi connectivity index (χ3v) is 3.23. The maximum atomic E-state index is 10.0. The zero-order valence-corrected chi connectivity index (χ0v) is 12.1. The third kappa shape index (κ3) is 14.7. The summed E-state index contributed by atoms with van der Waals surface area (Å²) in [6.07, 6.45) is 15.1. The van der Waals surface area contributed by atoms with Crippen molar-refractivity contribution in [3.63, 3.8) is 0 Å². The molecule has 0 N–H and O–H groups in total. The molecule has 1 unspecified atom stereocenters. The molecular weight excluding hydrogens is 240 g/mol. The fourth-order valence-electron chi connectivity index (χ4n) is 2.07. The molecule has 0 aliphatic rings. The van der Waals surface area contributed by atoms with Gasteiger partial charge in [-0.3, -0.25) is 0 Å². The molecule has 19 heavy (non-hydrogen) atoms. The Morgan fingerprint density at radius 3 is 1.84 bits per heavy atom. The first-order chi connectivity index (χ1) is 9.31. The highest BCUT2D eigenvalue weighted by molar-refractivity contribution is 5.33. The summed E-state index contributed by atoms with van der Waals surface area (Å²) in [4.78, 5) is 27.1. The minimum Gasteiger partial charge on any atom is -0.211 e. The molecule has 0 saturated carbocycles. The van der Waals surface area contributed by atoms with Crippen LogP contribution in [-0.4, -0.2) is 24.7 Å². The first-order valence-corrected chi connectivity index (χ1v) is 7.42. The molecule has 0 aromatic rings. The van der Waals surface area contributed by atoms with Gasteiger partial charge in [0, 0.05) is 0 Å². The summed E-state index contributed by atoms with van der Waals surface area (Å²) in [5, 5.41) is 0. The number of aliphatic imine (C=N–C) groups is 2. The topological polar surface area (TPSA) is 58.9 Å². The van der Waals surface area contributed by atoms with Crippen LogP contribution in [0.15, 0.2) is 9.98 Å². The minimum atomic E-state index is 0.131. The molecule has 0 aromatic heterocycles. The summed E-state index contributed by atoms with van der Waals surface area (Å²) in [5.41, 5.74) is 0. The summed E-state index contributed by atoms with van der Waals surface area (Å²) < 4.78 is 0. The minimum absolute atomic E-state index is 0.131. The summed E-state index contributed by atoms with van der Waals surface area (Å²) in [6, 6.07) is 0.131. The smallest absolute Gasteiger partial charge is 0.211 e. The van der Waals surface area contributed by atoms with Crippen LogP contribution in [0.1, 0.15) is 71.1 Å². The predicted molar refractivity (Wildman–Crippen MR) is 76.7 cm³/mol. The van der Waals surface area contributed by atoms with Crippen LogP contribution in [0.3, 0.4) is 0 Å². The number of rotatable bonds is 13. The van der Waals surface area contributed by atoms with Crippen LogP contribution in [0, 0.1) is 0 Å². The van der Waals surface area contributed by atoms with E-state index >= 15 is 0 Å². The van der Waals surface area contributed by atoms with E-state index in [1.165, 1.54) is 38.5 Å². The Morgan fingerprint density at radius 1 is 0.789 bits per heavy atom. The van der Waals surface area contributed by atoms with Crippen LogP contribution in [0.25, 0.3) is 0 Å². The Balaban J connectivity index is 3.10. The van der Waals surface area contributed by atoms with Gasteiger partial charge >= 0.3 is 0 Å². The van der Waals surface area contributed by atoms with Gasteiger partial charge in [-0.15, -0.1) is 0 Å². The first-order valence-electron chi connectivity index (χ1n) is 7.42. The summed E-state index contributed by atoms with van der Waals surface area (Å²) in [6.45, 7) is 2.59. The molecule has 4 heteroatoms. The van der Waals surface area contributed by atoms with Crippen molar-refractivity contribution in [2.45, 2.75) is 77.2 Å². The molecule has 0 amide bonds. The molecule has 0 radical (unpaired) electrons. The average Bonchev–Trinajstić information content (AvgIpc) is 2.40. The van der Waals surface area contributed by atoms with Crippen LogP contribution >= 0.6 is 0 Å². The van der Waals surface area contributed by atoms with Crippen molar-refractivity contribution in [1.29, 1.82) is 0 Å². The quantitative estimate of drug-likeness (QED) is 0.288. The molecule has 0 aromatic carbocycles. The lowest BCUT2D eigenvalue weighted by Gasteiger charge is -2.04. The van der Waals surface area contributed by atoms with E-state index in [0.29, 0.717) is 6.54 Å². The number of hydrogen-bond acceptors (Lipinski definition) is 4. The maximum Gasteiger partial charge on any atom is 0.235 e. The highest BCUT2D eigenvalue weighted by Gasteiger charge is 1.98. The highest BCUT2D eigenvalue weighted by Crippen LogP contribution is 2.12. The van der Waals surface area contributed by atoms with Gasteiger partial charge in [0.2, 0.25) is 12.2 Å². The molecule has 1 atom stereocenters. The van der Waals surface area contributed by atoms with Crippen LogP contribution < -0.4 is 0 Å².